The number of pyridine rings is 1. The van der Waals surface area contributed by atoms with Crippen LogP contribution < -0.4 is 11.3 Å². The normalized spacial score (nSPS) is 10.3. The number of hydrazine groups is 1. The predicted molar refractivity (Wildman–Crippen MR) is 63.9 cm³/mol. The lowest BCUT2D eigenvalue weighted by Crippen LogP contribution is -2.37. The number of amides is 1. The van der Waals surface area contributed by atoms with Crippen molar-refractivity contribution in [2.45, 2.75) is 26.8 Å². The van der Waals surface area contributed by atoms with Crippen LogP contribution in [0.5, 0.6) is 0 Å². The molecule has 0 aliphatic heterocycles. The minimum atomic E-state index is -0.0744. The zero-order valence-corrected chi connectivity index (χ0v) is 9.90. The number of nitrogens with zero attached hydrogens (tertiary/aromatic N) is 2. The molecule has 0 atom stereocenters. The van der Waals surface area contributed by atoms with Crippen LogP contribution in [0.2, 0.25) is 0 Å². The fourth-order valence-corrected chi connectivity index (χ4v) is 1.53. The van der Waals surface area contributed by atoms with Gasteiger partial charge in [0.15, 0.2) is 0 Å². The summed E-state index contributed by atoms with van der Waals surface area (Å²) in [7, 11) is 0. The fraction of sp³-hybridized carbons (Fsp3) is 0.455. The molecule has 0 spiro atoms. The molecule has 3 N–H and O–H groups in total. The second-order valence-electron chi connectivity index (χ2n) is 3.76. The first kappa shape index (κ1) is 12.4. The van der Waals surface area contributed by atoms with E-state index in [4.69, 9.17) is 5.84 Å². The Balaban J connectivity index is 2.94. The molecule has 1 amide bonds. The lowest BCUT2D eigenvalue weighted by atomic mass is 10.2. The first-order valence-corrected chi connectivity index (χ1v) is 5.33. The topological polar surface area (TPSA) is 71.2 Å². The van der Waals surface area contributed by atoms with Crippen molar-refractivity contribution in [3.63, 3.8) is 0 Å². The molecule has 16 heavy (non-hydrogen) atoms. The minimum Gasteiger partial charge on any atom is -0.335 e. The van der Waals surface area contributed by atoms with Crippen LogP contribution in [0.3, 0.4) is 0 Å². The molecule has 1 heterocycles. The molecule has 0 fully saturated rings. The molecular formula is C11H18N4O. The van der Waals surface area contributed by atoms with Crippen molar-refractivity contribution >= 4 is 11.6 Å². The summed E-state index contributed by atoms with van der Waals surface area (Å²) in [4.78, 5) is 17.9. The minimum absolute atomic E-state index is 0.0744. The van der Waals surface area contributed by atoms with E-state index >= 15 is 0 Å². The van der Waals surface area contributed by atoms with Gasteiger partial charge in [-0.3, -0.25) is 15.6 Å². The van der Waals surface area contributed by atoms with Crippen molar-refractivity contribution in [3.05, 3.63) is 24.0 Å². The molecule has 1 aromatic heterocycles. The molecule has 0 saturated heterocycles. The van der Waals surface area contributed by atoms with E-state index in [1.54, 1.807) is 23.2 Å². The average molecular weight is 222 g/mol. The Labute approximate surface area is 95.6 Å². The third-order valence-corrected chi connectivity index (χ3v) is 2.37. The number of aromatic nitrogens is 1. The van der Waals surface area contributed by atoms with Crippen LogP contribution in [-0.2, 0) is 0 Å². The van der Waals surface area contributed by atoms with Gasteiger partial charge in [0.25, 0.3) is 5.91 Å². The number of nitrogens with one attached hydrogen (secondary N) is 1. The molecule has 1 aromatic rings. The number of rotatable bonds is 4. The van der Waals surface area contributed by atoms with Gasteiger partial charge in [0.05, 0.1) is 5.69 Å². The summed E-state index contributed by atoms with van der Waals surface area (Å²) in [6.07, 6.45) is 1.57. The maximum Gasteiger partial charge on any atom is 0.272 e. The Bertz CT molecular complexity index is 365. The van der Waals surface area contributed by atoms with Gasteiger partial charge in [-0.1, -0.05) is 0 Å². The molecule has 0 saturated carbocycles. The Hall–Kier alpha value is -1.62. The van der Waals surface area contributed by atoms with E-state index in [1.165, 1.54) is 0 Å². The predicted octanol–water partition coefficient (Wildman–Crippen LogP) is 1.24. The Morgan fingerprint density at radius 2 is 2.31 bits per heavy atom. The largest absolute Gasteiger partial charge is 0.335 e. The van der Waals surface area contributed by atoms with Gasteiger partial charge in [-0.25, -0.2) is 0 Å². The maximum absolute atomic E-state index is 12.1. The smallest absolute Gasteiger partial charge is 0.272 e. The van der Waals surface area contributed by atoms with Crippen LogP contribution in [0.25, 0.3) is 0 Å². The molecule has 0 aromatic carbocycles. The highest BCUT2D eigenvalue weighted by atomic mass is 16.2. The van der Waals surface area contributed by atoms with Crippen molar-refractivity contribution < 1.29 is 4.79 Å². The van der Waals surface area contributed by atoms with Gasteiger partial charge in [-0.2, -0.15) is 0 Å². The lowest BCUT2D eigenvalue weighted by Gasteiger charge is -2.24. The molecule has 0 aliphatic rings. The summed E-state index contributed by atoms with van der Waals surface area (Å²) < 4.78 is 0. The summed E-state index contributed by atoms with van der Waals surface area (Å²) in [6, 6.07) is 3.52. The number of nitrogen functional groups attached to an aromatic ring is 1. The van der Waals surface area contributed by atoms with Crippen molar-refractivity contribution in [3.8, 4) is 0 Å². The molecule has 0 aliphatic carbocycles. The second-order valence-corrected chi connectivity index (χ2v) is 3.76. The van der Waals surface area contributed by atoms with Crippen molar-refractivity contribution in [1.29, 1.82) is 0 Å². The van der Waals surface area contributed by atoms with E-state index in [0.717, 1.165) is 0 Å². The summed E-state index contributed by atoms with van der Waals surface area (Å²) >= 11 is 0. The molecule has 5 nitrogen and oxygen atoms in total. The van der Waals surface area contributed by atoms with E-state index in [9.17, 15) is 4.79 Å². The van der Waals surface area contributed by atoms with Crippen molar-refractivity contribution in [2.24, 2.45) is 5.84 Å². The van der Waals surface area contributed by atoms with Crippen LogP contribution in [0.15, 0.2) is 18.3 Å². The highest BCUT2D eigenvalue weighted by Gasteiger charge is 2.18. The first-order valence-electron chi connectivity index (χ1n) is 5.33. The molecular weight excluding hydrogens is 204 g/mol. The van der Waals surface area contributed by atoms with Crippen LogP contribution >= 0.6 is 0 Å². The van der Waals surface area contributed by atoms with Crippen LogP contribution in [-0.4, -0.2) is 28.4 Å². The molecule has 88 valence electrons. The van der Waals surface area contributed by atoms with Crippen LogP contribution in [0, 0.1) is 0 Å². The van der Waals surface area contributed by atoms with Gasteiger partial charge in [-0.15, -0.1) is 0 Å². The zero-order valence-electron chi connectivity index (χ0n) is 9.90. The molecule has 1 rings (SSSR count). The number of hydrogen-bond donors (Lipinski definition) is 2. The van der Waals surface area contributed by atoms with Crippen LogP contribution in [0.1, 0.15) is 31.3 Å². The third kappa shape index (κ3) is 2.70. The summed E-state index contributed by atoms with van der Waals surface area (Å²) in [5.74, 6) is 5.21. The SMILES string of the molecule is CCN(C(=O)c1cc(NN)ccn1)C(C)C. The zero-order chi connectivity index (χ0) is 12.1. The number of hydrogen-bond acceptors (Lipinski definition) is 4. The van der Waals surface area contributed by atoms with Crippen LogP contribution in [0.4, 0.5) is 5.69 Å². The molecule has 0 unspecified atom stereocenters. The van der Waals surface area contributed by atoms with E-state index < -0.39 is 0 Å². The number of anilines is 1. The van der Waals surface area contributed by atoms with Crippen molar-refractivity contribution in [1.82, 2.24) is 9.88 Å². The molecule has 5 heteroatoms. The summed E-state index contributed by atoms with van der Waals surface area (Å²) in [6.45, 7) is 6.57. The average Bonchev–Trinajstić information content (AvgIpc) is 2.29. The lowest BCUT2D eigenvalue weighted by molar-refractivity contribution is 0.0711. The van der Waals surface area contributed by atoms with Gasteiger partial charge >= 0.3 is 0 Å². The molecule has 0 radical (unpaired) electrons. The van der Waals surface area contributed by atoms with Gasteiger partial charge in [0.1, 0.15) is 5.69 Å². The third-order valence-electron chi connectivity index (χ3n) is 2.37. The summed E-state index contributed by atoms with van der Waals surface area (Å²) in [5, 5.41) is 0. The van der Waals surface area contributed by atoms with Gasteiger partial charge < -0.3 is 10.3 Å². The number of nitrogens with two attached hydrogens (primary N) is 1. The Kier molecular flexibility index (Phi) is 4.25. The highest BCUT2D eigenvalue weighted by Crippen LogP contribution is 2.10. The highest BCUT2D eigenvalue weighted by molar-refractivity contribution is 5.93. The van der Waals surface area contributed by atoms with Gasteiger partial charge in [-0.05, 0) is 32.9 Å². The fourth-order valence-electron chi connectivity index (χ4n) is 1.53. The van der Waals surface area contributed by atoms with E-state index in [1.807, 2.05) is 20.8 Å². The Morgan fingerprint density at radius 3 is 2.81 bits per heavy atom. The maximum atomic E-state index is 12.1. The van der Waals surface area contributed by atoms with E-state index in [-0.39, 0.29) is 11.9 Å². The second kappa shape index (κ2) is 5.46. The number of carbonyl (C=O) groups is 1. The van der Waals surface area contributed by atoms with Crippen molar-refractivity contribution in [2.75, 3.05) is 12.0 Å². The van der Waals surface area contributed by atoms with Gasteiger partial charge in [0.2, 0.25) is 0 Å². The summed E-state index contributed by atoms with van der Waals surface area (Å²) in [5.41, 5.74) is 3.58. The first-order chi connectivity index (χ1) is 7.60. The van der Waals surface area contributed by atoms with E-state index in [0.29, 0.717) is 17.9 Å². The monoisotopic (exact) mass is 222 g/mol. The number of carbonyl (C=O) groups excluding carboxylic acids is 1. The van der Waals surface area contributed by atoms with Gasteiger partial charge in [0, 0.05) is 18.8 Å². The quantitative estimate of drug-likeness (QED) is 0.594. The van der Waals surface area contributed by atoms with E-state index in [2.05, 4.69) is 10.4 Å². The standard InChI is InChI=1S/C11H18N4O/c1-4-15(8(2)3)11(16)10-7-9(14-12)5-6-13-10/h5-8H,4,12H2,1-3H3,(H,13,14). The molecule has 0 bridgehead atoms. The Morgan fingerprint density at radius 1 is 1.62 bits per heavy atom.